The summed E-state index contributed by atoms with van der Waals surface area (Å²) >= 11 is 0. The maximum Gasteiger partial charge on any atom is 0.305 e. The molecule has 6 heteroatoms. The number of carboxylic acids is 1. The minimum Gasteiger partial charge on any atom is -0.481 e. The van der Waals surface area contributed by atoms with Gasteiger partial charge in [0.15, 0.2) is 0 Å². The van der Waals surface area contributed by atoms with E-state index < -0.39 is 36.5 Å². The van der Waals surface area contributed by atoms with Crippen LogP contribution in [0, 0.1) is 22.7 Å². The Labute approximate surface area is 144 Å². The number of carbonyl (C=O) groups is 2. The van der Waals surface area contributed by atoms with Crippen molar-refractivity contribution >= 4 is 11.9 Å². The molecule has 0 saturated heterocycles. The SMILES string of the molecule is CC(NC(=O)[C@@H](N)CC(=O)O)C(O)CC1C2(C)CCC(C2)C1(C)C. The van der Waals surface area contributed by atoms with Crippen LogP contribution < -0.4 is 11.1 Å². The molecule has 5 N–H and O–H groups in total. The van der Waals surface area contributed by atoms with Crippen molar-refractivity contribution in [2.75, 3.05) is 0 Å². The van der Waals surface area contributed by atoms with Gasteiger partial charge < -0.3 is 21.3 Å². The van der Waals surface area contributed by atoms with E-state index in [2.05, 4.69) is 26.1 Å². The molecule has 0 aromatic heterocycles. The van der Waals surface area contributed by atoms with Crippen LogP contribution >= 0.6 is 0 Å². The first-order valence-electron chi connectivity index (χ1n) is 8.93. The second-order valence-electron chi connectivity index (χ2n) is 8.77. The highest BCUT2D eigenvalue weighted by atomic mass is 16.4. The summed E-state index contributed by atoms with van der Waals surface area (Å²) < 4.78 is 0. The maximum absolute atomic E-state index is 11.9. The number of nitrogens with one attached hydrogen (secondary N) is 1. The number of aliphatic hydroxyl groups excluding tert-OH is 1. The normalized spacial score (nSPS) is 34.6. The van der Waals surface area contributed by atoms with Crippen molar-refractivity contribution < 1.29 is 19.8 Å². The Bertz CT molecular complexity index is 502. The van der Waals surface area contributed by atoms with Gasteiger partial charge in [-0.1, -0.05) is 20.8 Å². The zero-order chi connectivity index (χ0) is 18.3. The van der Waals surface area contributed by atoms with Crippen molar-refractivity contribution in [1.29, 1.82) is 0 Å². The molecule has 0 radical (unpaired) electrons. The Balaban J connectivity index is 1.93. The third kappa shape index (κ3) is 3.59. The number of nitrogens with two attached hydrogens (primary N) is 1. The third-order valence-electron chi connectivity index (χ3n) is 6.72. The highest BCUT2D eigenvalue weighted by Gasteiger charge is 2.59. The number of carboxylic acid groups (broad SMARTS) is 1. The first-order valence-corrected chi connectivity index (χ1v) is 8.93. The van der Waals surface area contributed by atoms with Crippen LogP contribution in [0.15, 0.2) is 0 Å². The summed E-state index contributed by atoms with van der Waals surface area (Å²) in [6.07, 6.45) is 3.28. The molecule has 2 fully saturated rings. The van der Waals surface area contributed by atoms with E-state index in [9.17, 15) is 14.7 Å². The van der Waals surface area contributed by atoms with Crippen molar-refractivity contribution in [3.63, 3.8) is 0 Å². The number of carbonyl (C=O) groups excluding carboxylic acids is 1. The first kappa shape index (κ1) is 19.2. The number of hydrogen-bond donors (Lipinski definition) is 4. The predicted octanol–water partition coefficient (Wildman–Crippen LogP) is 1.51. The van der Waals surface area contributed by atoms with Crippen LogP contribution in [0.5, 0.6) is 0 Å². The lowest BCUT2D eigenvalue weighted by Gasteiger charge is -2.44. The molecule has 2 rings (SSSR count). The third-order valence-corrected chi connectivity index (χ3v) is 6.72. The molecule has 0 heterocycles. The number of rotatable bonds is 7. The molecule has 2 saturated carbocycles. The van der Waals surface area contributed by atoms with E-state index >= 15 is 0 Å². The molecular formula is C18H32N2O4. The standard InChI is InChI=1S/C18H32N2O4/c1-10(20-16(24)12(19)7-15(22)23)13(21)8-14-17(2,3)11-5-6-18(14,4)9-11/h10-14,21H,5-9,19H2,1-4H3,(H,20,24)(H,22,23)/t10?,11?,12-,13?,14?,18?/m0/s1. The molecular weight excluding hydrogens is 308 g/mol. The molecule has 0 aromatic rings. The van der Waals surface area contributed by atoms with Crippen molar-refractivity contribution in [2.24, 2.45) is 28.4 Å². The van der Waals surface area contributed by atoms with Crippen LogP contribution in [0.3, 0.4) is 0 Å². The second-order valence-corrected chi connectivity index (χ2v) is 8.77. The lowest BCUT2D eigenvalue weighted by molar-refractivity contribution is -0.139. The molecule has 0 aliphatic heterocycles. The zero-order valence-electron chi connectivity index (χ0n) is 15.2. The smallest absolute Gasteiger partial charge is 0.305 e. The van der Waals surface area contributed by atoms with Gasteiger partial charge in [0.2, 0.25) is 5.91 Å². The number of aliphatic carboxylic acids is 1. The van der Waals surface area contributed by atoms with Crippen molar-refractivity contribution in [3.05, 3.63) is 0 Å². The Kier molecular flexibility index (Phi) is 5.31. The van der Waals surface area contributed by atoms with Gasteiger partial charge in [0, 0.05) is 0 Å². The summed E-state index contributed by atoms with van der Waals surface area (Å²) in [5, 5.41) is 22.0. The van der Waals surface area contributed by atoms with Gasteiger partial charge in [0.25, 0.3) is 0 Å². The Morgan fingerprint density at radius 3 is 2.46 bits per heavy atom. The molecule has 6 atom stereocenters. The molecule has 2 aliphatic carbocycles. The van der Waals surface area contributed by atoms with Crippen molar-refractivity contribution in [1.82, 2.24) is 5.32 Å². The fourth-order valence-corrected chi connectivity index (χ4v) is 5.15. The highest BCUT2D eigenvalue weighted by molar-refractivity contribution is 5.86. The summed E-state index contributed by atoms with van der Waals surface area (Å²) in [7, 11) is 0. The largest absolute Gasteiger partial charge is 0.481 e. The van der Waals surface area contributed by atoms with Gasteiger partial charge in [-0.25, -0.2) is 0 Å². The van der Waals surface area contributed by atoms with Gasteiger partial charge in [0.1, 0.15) is 0 Å². The van der Waals surface area contributed by atoms with Crippen LogP contribution in [0.1, 0.15) is 59.8 Å². The van der Waals surface area contributed by atoms with Gasteiger partial charge in [-0.05, 0) is 55.3 Å². The highest BCUT2D eigenvalue weighted by Crippen LogP contribution is 2.67. The van der Waals surface area contributed by atoms with E-state index in [0.717, 1.165) is 0 Å². The van der Waals surface area contributed by atoms with E-state index in [1.807, 2.05) is 0 Å². The van der Waals surface area contributed by atoms with Crippen LogP contribution in [-0.4, -0.2) is 40.3 Å². The minimum atomic E-state index is -1.11. The van der Waals surface area contributed by atoms with E-state index in [0.29, 0.717) is 18.3 Å². The van der Waals surface area contributed by atoms with Gasteiger partial charge in [0.05, 0.1) is 24.6 Å². The fourth-order valence-electron chi connectivity index (χ4n) is 5.15. The van der Waals surface area contributed by atoms with Gasteiger partial charge in [-0.2, -0.15) is 0 Å². The van der Waals surface area contributed by atoms with E-state index in [4.69, 9.17) is 10.8 Å². The zero-order valence-corrected chi connectivity index (χ0v) is 15.2. The van der Waals surface area contributed by atoms with E-state index in [1.165, 1.54) is 19.3 Å². The minimum absolute atomic E-state index is 0.206. The Hall–Kier alpha value is -1.14. The lowest BCUT2D eigenvalue weighted by Crippen LogP contribution is -2.50. The molecule has 2 aliphatic rings. The van der Waals surface area contributed by atoms with E-state index in [1.54, 1.807) is 6.92 Å². The van der Waals surface area contributed by atoms with Crippen LogP contribution in [0.2, 0.25) is 0 Å². The number of hydrogen-bond acceptors (Lipinski definition) is 4. The fraction of sp³-hybridized carbons (Fsp3) is 0.889. The molecule has 0 spiro atoms. The average Bonchev–Trinajstić information content (AvgIpc) is 2.93. The second kappa shape index (κ2) is 6.64. The topological polar surface area (TPSA) is 113 Å². The summed E-state index contributed by atoms with van der Waals surface area (Å²) in [6, 6.07) is -1.54. The quantitative estimate of drug-likeness (QED) is 0.561. The molecule has 6 nitrogen and oxygen atoms in total. The molecule has 24 heavy (non-hydrogen) atoms. The van der Waals surface area contributed by atoms with Gasteiger partial charge in [-0.15, -0.1) is 0 Å². The number of aliphatic hydroxyl groups is 1. The molecule has 1 amide bonds. The van der Waals surface area contributed by atoms with Crippen LogP contribution in [-0.2, 0) is 9.59 Å². The average molecular weight is 340 g/mol. The predicted molar refractivity (Wildman–Crippen MR) is 91.2 cm³/mol. The molecule has 2 bridgehead atoms. The molecule has 5 unspecified atom stereocenters. The lowest BCUT2D eigenvalue weighted by atomic mass is 9.62. The molecule has 138 valence electrons. The number of fused-ring (bicyclic) bond motifs is 2. The molecule has 0 aromatic carbocycles. The van der Waals surface area contributed by atoms with Crippen LogP contribution in [0.4, 0.5) is 0 Å². The Morgan fingerprint density at radius 2 is 1.96 bits per heavy atom. The van der Waals surface area contributed by atoms with Crippen LogP contribution in [0.25, 0.3) is 0 Å². The van der Waals surface area contributed by atoms with Crippen molar-refractivity contribution in [2.45, 2.75) is 78.0 Å². The summed E-state index contributed by atoms with van der Waals surface area (Å²) in [5.74, 6) is -0.496. The number of amides is 1. The summed E-state index contributed by atoms with van der Waals surface area (Å²) in [5.41, 5.74) is 6.05. The van der Waals surface area contributed by atoms with E-state index in [-0.39, 0.29) is 10.8 Å². The summed E-state index contributed by atoms with van der Waals surface area (Å²) in [4.78, 5) is 22.6. The Morgan fingerprint density at radius 1 is 1.33 bits per heavy atom. The van der Waals surface area contributed by atoms with Gasteiger partial charge in [-0.3, -0.25) is 9.59 Å². The monoisotopic (exact) mass is 340 g/mol. The first-order chi connectivity index (χ1) is 11.0. The van der Waals surface area contributed by atoms with Gasteiger partial charge >= 0.3 is 5.97 Å². The maximum atomic E-state index is 11.9. The summed E-state index contributed by atoms with van der Waals surface area (Å²) in [6.45, 7) is 8.67. The van der Waals surface area contributed by atoms with Crippen molar-refractivity contribution in [3.8, 4) is 0 Å².